The van der Waals surface area contributed by atoms with Crippen molar-refractivity contribution < 1.29 is 14.6 Å². The smallest absolute Gasteiger partial charge is 0.155 e. The number of rotatable bonds is 4. The summed E-state index contributed by atoms with van der Waals surface area (Å²) in [5.41, 5.74) is 2.12. The molecule has 0 radical (unpaired) electrons. The van der Waals surface area contributed by atoms with Gasteiger partial charge in [0.15, 0.2) is 5.82 Å². The zero-order valence-electron chi connectivity index (χ0n) is 17.6. The molecule has 1 unspecified atom stereocenters. The van der Waals surface area contributed by atoms with Crippen LogP contribution < -0.4 is 25.0 Å². The van der Waals surface area contributed by atoms with E-state index in [0.717, 1.165) is 73.2 Å². The Morgan fingerprint density at radius 1 is 1.06 bits per heavy atom. The van der Waals surface area contributed by atoms with E-state index in [0.29, 0.717) is 16.3 Å². The molecule has 31 heavy (non-hydrogen) atoms. The van der Waals surface area contributed by atoms with E-state index in [1.165, 1.54) is 0 Å². The highest BCUT2D eigenvalue weighted by atomic mass is 35.5. The van der Waals surface area contributed by atoms with Crippen LogP contribution in [-0.4, -0.2) is 61.1 Å². The van der Waals surface area contributed by atoms with Crippen molar-refractivity contribution in [2.75, 3.05) is 49.4 Å². The fourth-order valence-corrected chi connectivity index (χ4v) is 4.71. The Bertz CT molecular complexity index is 946. The minimum Gasteiger partial charge on any atom is -0.496 e. The van der Waals surface area contributed by atoms with Gasteiger partial charge in [0.2, 0.25) is 0 Å². The van der Waals surface area contributed by atoms with Gasteiger partial charge in [-0.15, -0.1) is 0 Å². The fourth-order valence-electron chi connectivity index (χ4n) is 4.34. The van der Waals surface area contributed by atoms with Crippen LogP contribution in [0.4, 0.5) is 17.3 Å². The van der Waals surface area contributed by atoms with Crippen LogP contribution in [0.25, 0.3) is 0 Å². The summed E-state index contributed by atoms with van der Waals surface area (Å²) in [6.07, 6.45) is 3.76. The second-order valence-corrected chi connectivity index (χ2v) is 8.56. The Morgan fingerprint density at radius 3 is 2.48 bits per heavy atom. The van der Waals surface area contributed by atoms with Crippen LogP contribution in [0, 0.1) is 0 Å². The van der Waals surface area contributed by atoms with Gasteiger partial charge in [0.05, 0.1) is 14.2 Å². The molecular formula is C21H27Cl2N5O3. The summed E-state index contributed by atoms with van der Waals surface area (Å²) in [6.45, 7) is 2.28. The molecule has 0 spiro atoms. The summed E-state index contributed by atoms with van der Waals surface area (Å²) in [5.74, 6) is 3.23. The van der Waals surface area contributed by atoms with Gasteiger partial charge in [0.1, 0.15) is 33.3 Å². The third-order valence-electron chi connectivity index (χ3n) is 5.82. The molecule has 0 aromatic carbocycles. The van der Waals surface area contributed by atoms with Gasteiger partial charge in [0.25, 0.3) is 0 Å². The van der Waals surface area contributed by atoms with Crippen molar-refractivity contribution in [2.45, 2.75) is 37.8 Å². The highest BCUT2D eigenvalue weighted by Crippen LogP contribution is 2.42. The first-order valence-electron chi connectivity index (χ1n) is 10.4. The molecule has 1 fully saturated rings. The van der Waals surface area contributed by atoms with Gasteiger partial charge in [0, 0.05) is 49.5 Å². The topological polar surface area (TPSA) is 91.8 Å². The standard InChI is InChI=1S/C11H15ClN2O2.C10H12ClN3O/c1-16-9-6-10(12)14-11-8(9)3-2-7(13-11)4-5-15;1-15-7-4-8(11)13-10-9(7)14-3-2-6(5-14)12-10/h6-7,15H,2-5H2,1H3,(H,13,14);4,6H,2-3,5H2,1H3,(H,12,13)/t;6-/m.0/s1. The Kier molecular flexibility index (Phi) is 6.79. The largest absolute Gasteiger partial charge is 0.496 e. The van der Waals surface area contributed by atoms with Gasteiger partial charge in [-0.1, -0.05) is 23.2 Å². The summed E-state index contributed by atoms with van der Waals surface area (Å²) in [5, 5.41) is 16.5. The molecule has 3 aliphatic heterocycles. The number of nitrogens with zero attached hydrogens (tertiary/aromatic N) is 3. The SMILES string of the molecule is COc1cc(Cl)nc2c1CCC(CCO)N2.COc1cc(Cl)nc2c1N1CC[C@@H](C1)N2. The molecule has 2 atom stereocenters. The molecule has 8 nitrogen and oxygen atoms in total. The summed E-state index contributed by atoms with van der Waals surface area (Å²) in [6, 6.07) is 4.27. The van der Waals surface area contributed by atoms with E-state index >= 15 is 0 Å². The number of fused-ring (bicyclic) bond motifs is 5. The van der Waals surface area contributed by atoms with E-state index in [2.05, 4.69) is 25.5 Å². The average Bonchev–Trinajstić information content (AvgIpc) is 3.13. The summed E-state index contributed by atoms with van der Waals surface area (Å²) >= 11 is 11.8. The molecule has 0 amide bonds. The van der Waals surface area contributed by atoms with Gasteiger partial charge in [-0.2, -0.15) is 0 Å². The fraction of sp³-hybridized carbons (Fsp3) is 0.524. The van der Waals surface area contributed by atoms with E-state index in [9.17, 15) is 0 Å². The number of hydrogen-bond donors (Lipinski definition) is 3. The first-order chi connectivity index (χ1) is 15.0. The van der Waals surface area contributed by atoms with Gasteiger partial charge < -0.3 is 30.1 Å². The predicted octanol–water partition coefficient (Wildman–Crippen LogP) is 3.60. The van der Waals surface area contributed by atoms with Crippen molar-refractivity contribution in [2.24, 2.45) is 0 Å². The molecule has 10 heteroatoms. The molecule has 5 heterocycles. The minimum absolute atomic E-state index is 0.185. The van der Waals surface area contributed by atoms with E-state index in [-0.39, 0.29) is 12.6 Å². The maximum absolute atomic E-state index is 8.91. The van der Waals surface area contributed by atoms with Crippen molar-refractivity contribution >= 4 is 40.5 Å². The molecule has 3 N–H and O–H groups in total. The molecule has 1 saturated heterocycles. The Morgan fingerprint density at radius 2 is 1.77 bits per heavy atom. The average molecular weight is 468 g/mol. The van der Waals surface area contributed by atoms with Gasteiger partial charge in [-0.3, -0.25) is 0 Å². The zero-order valence-corrected chi connectivity index (χ0v) is 19.1. The van der Waals surface area contributed by atoms with Gasteiger partial charge in [-0.05, 0) is 25.7 Å². The van der Waals surface area contributed by atoms with Crippen LogP contribution >= 0.6 is 23.2 Å². The van der Waals surface area contributed by atoms with E-state index in [4.69, 9.17) is 37.8 Å². The monoisotopic (exact) mass is 467 g/mol. The summed E-state index contributed by atoms with van der Waals surface area (Å²) in [4.78, 5) is 10.8. The molecule has 2 aromatic rings. The third-order valence-corrected chi connectivity index (χ3v) is 6.21. The number of aromatic nitrogens is 2. The lowest BCUT2D eigenvalue weighted by molar-refractivity contribution is 0.275. The minimum atomic E-state index is 0.185. The Hall–Kier alpha value is -2.16. The molecular weight excluding hydrogens is 441 g/mol. The maximum Gasteiger partial charge on any atom is 0.155 e. The number of aliphatic hydroxyl groups excluding tert-OH is 1. The lowest BCUT2D eigenvalue weighted by atomic mass is 9.98. The molecule has 2 aromatic heterocycles. The number of anilines is 3. The van der Waals surface area contributed by atoms with Crippen molar-refractivity contribution in [3.63, 3.8) is 0 Å². The van der Waals surface area contributed by atoms with E-state index in [1.54, 1.807) is 26.4 Å². The number of nitrogens with one attached hydrogen (secondary N) is 2. The molecule has 2 bridgehead atoms. The first kappa shape index (κ1) is 22.0. The molecule has 5 rings (SSSR count). The van der Waals surface area contributed by atoms with Crippen molar-refractivity contribution in [1.82, 2.24) is 9.97 Å². The second-order valence-electron chi connectivity index (χ2n) is 7.79. The van der Waals surface area contributed by atoms with Crippen LogP contribution in [-0.2, 0) is 6.42 Å². The number of ether oxygens (including phenoxy) is 2. The normalized spacial score (nSPS) is 20.5. The Balaban J connectivity index is 0.000000149. The molecule has 0 saturated carbocycles. The summed E-state index contributed by atoms with van der Waals surface area (Å²) < 4.78 is 10.6. The van der Waals surface area contributed by atoms with E-state index in [1.807, 2.05) is 0 Å². The number of halogens is 2. The maximum atomic E-state index is 8.91. The van der Waals surface area contributed by atoms with Crippen LogP contribution in [0.2, 0.25) is 10.3 Å². The molecule has 0 aliphatic carbocycles. The Labute approximate surface area is 191 Å². The number of aliphatic hydroxyl groups is 1. The third kappa shape index (κ3) is 4.71. The van der Waals surface area contributed by atoms with Crippen molar-refractivity contribution in [3.8, 4) is 11.5 Å². The number of methoxy groups -OCH3 is 2. The zero-order chi connectivity index (χ0) is 22.0. The highest BCUT2D eigenvalue weighted by molar-refractivity contribution is 6.30. The van der Waals surface area contributed by atoms with Crippen LogP contribution in [0.1, 0.15) is 24.8 Å². The predicted molar refractivity (Wildman–Crippen MR) is 123 cm³/mol. The van der Waals surface area contributed by atoms with Crippen LogP contribution in [0.5, 0.6) is 11.5 Å². The quantitative estimate of drug-likeness (QED) is 0.587. The summed E-state index contributed by atoms with van der Waals surface area (Å²) in [7, 11) is 3.29. The van der Waals surface area contributed by atoms with Gasteiger partial charge >= 0.3 is 0 Å². The lowest BCUT2D eigenvalue weighted by Crippen LogP contribution is -2.32. The molecule has 3 aliphatic rings. The van der Waals surface area contributed by atoms with Crippen molar-refractivity contribution in [3.05, 3.63) is 28.0 Å². The van der Waals surface area contributed by atoms with E-state index < -0.39 is 0 Å². The second kappa shape index (κ2) is 9.54. The van der Waals surface area contributed by atoms with Crippen LogP contribution in [0.15, 0.2) is 12.1 Å². The van der Waals surface area contributed by atoms with Crippen LogP contribution in [0.3, 0.4) is 0 Å². The first-order valence-corrected chi connectivity index (χ1v) is 11.1. The number of hydrogen-bond acceptors (Lipinski definition) is 8. The molecule has 168 valence electrons. The van der Waals surface area contributed by atoms with Gasteiger partial charge in [-0.25, -0.2) is 9.97 Å². The van der Waals surface area contributed by atoms with Crippen molar-refractivity contribution in [1.29, 1.82) is 0 Å². The highest BCUT2D eigenvalue weighted by Gasteiger charge is 2.33. The number of pyridine rings is 2. The lowest BCUT2D eigenvalue weighted by Gasteiger charge is -2.29.